The standard InChI is InChI=1S/C29H36N2O6/c1-37-19-25(26(33)15-13-22-10-5-9-21-11-6-16-30-28(21)22)31-29(36)23(18-27(34)35)17-24(32)14-12-20-7-3-2-4-8-20/h2-5,7-10,23,25,30H,6,11-19H2,1H3,(H,31,36)(H,34,35)/t23-,25-/m0/s1. The summed E-state index contributed by atoms with van der Waals surface area (Å²) < 4.78 is 5.17. The normalized spacial score (nSPS) is 14.1. The number of para-hydroxylation sites is 1. The van der Waals surface area contributed by atoms with E-state index in [1.807, 2.05) is 42.5 Å². The molecule has 0 fully saturated rings. The molecule has 198 valence electrons. The first-order valence-electron chi connectivity index (χ1n) is 12.8. The van der Waals surface area contributed by atoms with Gasteiger partial charge >= 0.3 is 5.97 Å². The quantitative estimate of drug-likeness (QED) is 0.337. The fourth-order valence-corrected chi connectivity index (χ4v) is 4.67. The summed E-state index contributed by atoms with van der Waals surface area (Å²) in [6, 6.07) is 14.6. The van der Waals surface area contributed by atoms with E-state index in [0.717, 1.165) is 36.2 Å². The number of carbonyl (C=O) groups excluding carboxylic acids is 3. The maximum Gasteiger partial charge on any atom is 0.304 e. The van der Waals surface area contributed by atoms with Gasteiger partial charge in [0.15, 0.2) is 5.78 Å². The lowest BCUT2D eigenvalue weighted by Gasteiger charge is -2.23. The summed E-state index contributed by atoms with van der Waals surface area (Å²) in [5.74, 6) is -3.25. The number of hydrogen-bond donors (Lipinski definition) is 3. The van der Waals surface area contributed by atoms with Crippen molar-refractivity contribution in [3.63, 3.8) is 0 Å². The van der Waals surface area contributed by atoms with Crippen LogP contribution in [0, 0.1) is 5.92 Å². The number of carboxylic acid groups (broad SMARTS) is 1. The molecule has 1 aliphatic rings. The lowest BCUT2D eigenvalue weighted by Crippen LogP contribution is -2.47. The Labute approximate surface area is 217 Å². The minimum absolute atomic E-state index is 0.0303. The number of ether oxygens (including phenoxy) is 1. The fourth-order valence-electron chi connectivity index (χ4n) is 4.67. The van der Waals surface area contributed by atoms with Gasteiger partial charge in [-0.15, -0.1) is 0 Å². The van der Waals surface area contributed by atoms with E-state index in [-0.39, 0.29) is 37.4 Å². The number of rotatable bonds is 15. The molecule has 1 heterocycles. The molecule has 2 atom stereocenters. The monoisotopic (exact) mass is 508 g/mol. The molecule has 0 aromatic heterocycles. The van der Waals surface area contributed by atoms with Crippen molar-refractivity contribution in [2.75, 3.05) is 25.6 Å². The van der Waals surface area contributed by atoms with Crippen LogP contribution in [-0.2, 0) is 43.2 Å². The van der Waals surface area contributed by atoms with E-state index in [0.29, 0.717) is 12.8 Å². The number of carbonyl (C=O) groups is 4. The third-order valence-corrected chi connectivity index (χ3v) is 6.64. The number of anilines is 1. The van der Waals surface area contributed by atoms with E-state index < -0.39 is 30.3 Å². The fraction of sp³-hybridized carbons (Fsp3) is 0.448. The second kappa shape index (κ2) is 14.3. The molecule has 0 radical (unpaired) electrons. The Morgan fingerprint density at radius 3 is 2.51 bits per heavy atom. The number of nitrogens with one attached hydrogen (secondary N) is 2. The van der Waals surface area contributed by atoms with Gasteiger partial charge in [0.1, 0.15) is 11.8 Å². The molecule has 37 heavy (non-hydrogen) atoms. The molecule has 0 bridgehead atoms. The summed E-state index contributed by atoms with van der Waals surface area (Å²) >= 11 is 0. The van der Waals surface area contributed by atoms with E-state index >= 15 is 0 Å². The Balaban J connectivity index is 1.59. The van der Waals surface area contributed by atoms with Gasteiger partial charge in [0.2, 0.25) is 5.91 Å². The topological polar surface area (TPSA) is 122 Å². The second-order valence-corrected chi connectivity index (χ2v) is 9.49. The zero-order valence-corrected chi connectivity index (χ0v) is 21.3. The van der Waals surface area contributed by atoms with Crippen molar-refractivity contribution in [2.24, 2.45) is 5.92 Å². The number of amides is 1. The minimum atomic E-state index is -1.17. The molecule has 2 aromatic rings. The highest BCUT2D eigenvalue weighted by Gasteiger charge is 2.29. The van der Waals surface area contributed by atoms with Crippen molar-refractivity contribution in [3.05, 3.63) is 65.2 Å². The van der Waals surface area contributed by atoms with Gasteiger partial charge in [-0.1, -0.05) is 48.5 Å². The Hall–Kier alpha value is -3.52. The molecule has 8 heteroatoms. The van der Waals surface area contributed by atoms with E-state index in [4.69, 9.17) is 4.74 Å². The molecule has 1 aliphatic heterocycles. The summed E-state index contributed by atoms with van der Waals surface area (Å²) in [4.78, 5) is 50.0. The van der Waals surface area contributed by atoms with Crippen molar-refractivity contribution in [1.82, 2.24) is 5.32 Å². The van der Waals surface area contributed by atoms with Gasteiger partial charge in [-0.25, -0.2) is 0 Å². The Morgan fingerprint density at radius 1 is 1.00 bits per heavy atom. The highest BCUT2D eigenvalue weighted by atomic mass is 16.5. The zero-order chi connectivity index (χ0) is 26.6. The van der Waals surface area contributed by atoms with Crippen molar-refractivity contribution < 1.29 is 29.0 Å². The first-order valence-corrected chi connectivity index (χ1v) is 12.8. The molecular formula is C29H36N2O6. The average molecular weight is 509 g/mol. The number of Topliss-reactive ketones (excluding diaryl/α,β-unsaturated/α-hetero) is 2. The van der Waals surface area contributed by atoms with Crippen molar-refractivity contribution in [3.8, 4) is 0 Å². The number of aryl methyl sites for hydroxylation is 3. The predicted molar refractivity (Wildman–Crippen MR) is 141 cm³/mol. The number of ketones is 2. The molecule has 2 aromatic carbocycles. The summed E-state index contributed by atoms with van der Waals surface area (Å²) in [7, 11) is 1.44. The number of benzene rings is 2. The van der Waals surface area contributed by atoms with E-state index in [1.54, 1.807) is 0 Å². The lowest BCUT2D eigenvalue weighted by atomic mass is 9.93. The van der Waals surface area contributed by atoms with Crippen LogP contribution in [0.4, 0.5) is 5.69 Å². The molecule has 0 saturated carbocycles. The molecule has 3 N–H and O–H groups in total. The third-order valence-electron chi connectivity index (χ3n) is 6.64. The predicted octanol–water partition coefficient (Wildman–Crippen LogP) is 3.36. The van der Waals surface area contributed by atoms with Gasteiger partial charge in [-0.3, -0.25) is 19.2 Å². The van der Waals surface area contributed by atoms with Crippen LogP contribution in [0.25, 0.3) is 0 Å². The van der Waals surface area contributed by atoms with Crippen molar-refractivity contribution in [1.29, 1.82) is 0 Å². The van der Waals surface area contributed by atoms with E-state index in [1.165, 1.54) is 12.7 Å². The Morgan fingerprint density at radius 2 is 1.78 bits per heavy atom. The smallest absolute Gasteiger partial charge is 0.304 e. The number of fused-ring (bicyclic) bond motifs is 1. The molecular weight excluding hydrogens is 472 g/mol. The second-order valence-electron chi connectivity index (χ2n) is 9.49. The van der Waals surface area contributed by atoms with Crippen LogP contribution < -0.4 is 10.6 Å². The van der Waals surface area contributed by atoms with Gasteiger partial charge in [0, 0.05) is 38.6 Å². The third kappa shape index (κ3) is 8.82. The lowest BCUT2D eigenvalue weighted by molar-refractivity contribution is -0.142. The van der Waals surface area contributed by atoms with E-state index in [2.05, 4.69) is 16.7 Å². The van der Waals surface area contributed by atoms with Gasteiger partial charge in [0.05, 0.1) is 18.9 Å². The number of aliphatic carboxylic acids is 1. The number of methoxy groups -OCH3 is 1. The Kier molecular flexibility index (Phi) is 10.8. The average Bonchev–Trinajstić information content (AvgIpc) is 2.90. The van der Waals surface area contributed by atoms with Crippen molar-refractivity contribution >= 4 is 29.1 Å². The van der Waals surface area contributed by atoms with Gasteiger partial charge in [-0.2, -0.15) is 0 Å². The largest absolute Gasteiger partial charge is 0.481 e. The van der Waals surface area contributed by atoms with Crippen molar-refractivity contribution in [2.45, 2.75) is 57.4 Å². The Bertz CT molecular complexity index is 1090. The zero-order valence-electron chi connectivity index (χ0n) is 21.3. The number of hydrogen-bond acceptors (Lipinski definition) is 6. The SMILES string of the molecule is COC[C@H](NC(=O)[C@H](CC(=O)O)CC(=O)CCc1ccccc1)C(=O)CCc1cccc2c1NCCC2. The van der Waals surface area contributed by atoms with Crippen LogP contribution >= 0.6 is 0 Å². The summed E-state index contributed by atoms with van der Waals surface area (Å²) in [6.07, 6.45) is 2.84. The summed E-state index contributed by atoms with van der Waals surface area (Å²) in [5, 5.41) is 15.4. The van der Waals surface area contributed by atoms with Gasteiger partial charge in [0.25, 0.3) is 0 Å². The first-order chi connectivity index (χ1) is 17.9. The molecule has 0 spiro atoms. The summed E-state index contributed by atoms with van der Waals surface area (Å²) in [5.41, 5.74) is 4.38. The maximum absolute atomic E-state index is 13.0. The molecule has 0 saturated heterocycles. The highest BCUT2D eigenvalue weighted by molar-refractivity contribution is 5.93. The van der Waals surface area contributed by atoms with Crippen LogP contribution in [0.2, 0.25) is 0 Å². The molecule has 0 aliphatic carbocycles. The summed E-state index contributed by atoms with van der Waals surface area (Å²) in [6.45, 7) is 0.868. The molecule has 1 amide bonds. The minimum Gasteiger partial charge on any atom is -0.481 e. The highest BCUT2D eigenvalue weighted by Crippen LogP contribution is 2.27. The molecule has 3 rings (SSSR count). The van der Waals surface area contributed by atoms with Crippen LogP contribution in [0.5, 0.6) is 0 Å². The van der Waals surface area contributed by atoms with Crippen LogP contribution in [0.3, 0.4) is 0 Å². The van der Waals surface area contributed by atoms with Crippen LogP contribution in [-0.4, -0.2) is 54.9 Å². The van der Waals surface area contributed by atoms with Gasteiger partial charge in [-0.05, 0) is 42.4 Å². The van der Waals surface area contributed by atoms with Crippen LogP contribution in [0.1, 0.15) is 48.8 Å². The van der Waals surface area contributed by atoms with Gasteiger partial charge < -0.3 is 20.5 Å². The number of carboxylic acids is 1. The first kappa shape index (κ1) is 28.1. The van der Waals surface area contributed by atoms with Crippen LogP contribution in [0.15, 0.2) is 48.5 Å². The maximum atomic E-state index is 13.0. The van der Waals surface area contributed by atoms with E-state index in [9.17, 15) is 24.3 Å². The molecule has 0 unspecified atom stereocenters. The molecule has 8 nitrogen and oxygen atoms in total.